The van der Waals surface area contributed by atoms with Gasteiger partial charge in [0.05, 0.1) is 12.3 Å². The summed E-state index contributed by atoms with van der Waals surface area (Å²) in [5.74, 6) is 1.98. The molecule has 25 heavy (non-hydrogen) atoms. The van der Waals surface area contributed by atoms with Crippen molar-refractivity contribution in [3.63, 3.8) is 0 Å². The highest BCUT2D eigenvalue weighted by molar-refractivity contribution is 5.91. The van der Waals surface area contributed by atoms with Gasteiger partial charge in [-0.15, -0.1) is 0 Å². The first-order valence-corrected chi connectivity index (χ1v) is 8.86. The number of hydrogen-bond acceptors (Lipinski definition) is 5. The van der Waals surface area contributed by atoms with E-state index in [0.717, 1.165) is 30.9 Å². The number of carbonyl (C=O) groups is 1. The Morgan fingerprint density at radius 2 is 2.16 bits per heavy atom. The fourth-order valence-corrected chi connectivity index (χ4v) is 3.22. The molecule has 2 aromatic rings. The Bertz CT molecular complexity index is 699. The van der Waals surface area contributed by atoms with Gasteiger partial charge >= 0.3 is 0 Å². The van der Waals surface area contributed by atoms with E-state index in [9.17, 15) is 4.79 Å². The van der Waals surface area contributed by atoms with Crippen molar-refractivity contribution in [2.75, 3.05) is 26.8 Å². The van der Waals surface area contributed by atoms with E-state index in [-0.39, 0.29) is 11.8 Å². The number of methoxy groups -OCH3 is 1. The van der Waals surface area contributed by atoms with Crippen molar-refractivity contribution in [3.8, 4) is 0 Å². The number of nitrogens with zero attached hydrogens (tertiary/aromatic N) is 4. The highest BCUT2D eigenvalue weighted by Gasteiger charge is 2.28. The van der Waals surface area contributed by atoms with Gasteiger partial charge in [-0.3, -0.25) is 4.79 Å². The van der Waals surface area contributed by atoms with Gasteiger partial charge in [0.25, 0.3) is 5.91 Å². The van der Waals surface area contributed by atoms with Crippen LogP contribution in [-0.4, -0.2) is 52.3 Å². The molecule has 0 radical (unpaired) electrons. The summed E-state index contributed by atoms with van der Waals surface area (Å²) in [7, 11) is 1.70. The van der Waals surface area contributed by atoms with Gasteiger partial charge < -0.3 is 18.7 Å². The van der Waals surface area contributed by atoms with Crippen LogP contribution >= 0.6 is 0 Å². The fraction of sp³-hybridized carbons (Fsp3) is 0.611. The van der Waals surface area contributed by atoms with Crippen molar-refractivity contribution in [3.05, 3.63) is 35.7 Å². The van der Waals surface area contributed by atoms with Gasteiger partial charge in [0.15, 0.2) is 0 Å². The molecule has 3 heterocycles. The summed E-state index contributed by atoms with van der Waals surface area (Å²) >= 11 is 0. The molecule has 1 amide bonds. The molecule has 136 valence electrons. The van der Waals surface area contributed by atoms with E-state index in [1.165, 1.54) is 0 Å². The molecule has 1 saturated heterocycles. The van der Waals surface area contributed by atoms with E-state index in [4.69, 9.17) is 9.26 Å². The minimum absolute atomic E-state index is 0.0689. The normalized spacial score (nSPS) is 15.9. The molecule has 1 fully saturated rings. The van der Waals surface area contributed by atoms with Crippen LogP contribution in [0.1, 0.15) is 60.6 Å². The number of ether oxygens (including phenoxy) is 1. The molecule has 2 aromatic heterocycles. The van der Waals surface area contributed by atoms with Crippen LogP contribution in [0.3, 0.4) is 0 Å². The lowest BCUT2D eigenvalue weighted by Crippen LogP contribution is -2.38. The zero-order valence-corrected chi connectivity index (χ0v) is 15.1. The number of amides is 1. The maximum Gasteiger partial charge on any atom is 0.292 e. The van der Waals surface area contributed by atoms with Gasteiger partial charge in [0, 0.05) is 51.1 Å². The summed E-state index contributed by atoms with van der Waals surface area (Å²) in [5, 5.41) is 3.98. The smallest absolute Gasteiger partial charge is 0.292 e. The van der Waals surface area contributed by atoms with E-state index >= 15 is 0 Å². The molecular weight excluding hydrogens is 320 g/mol. The molecule has 0 spiro atoms. The molecule has 1 aliphatic rings. The number of piperidine rings is 1. The minimum atomic E-state index is -0.0689. The Morgan fingerprint density at radius 3 is 2.80 bits per heavy atom. The predicted octanol–water partition coefficient (Wildman–Crippen LogP) is 2.66. The van der Waals surface area contributed by atoms with Crippen molar-refractivity contribution in [1.82, 2.24) is 19.6 Å². The van der Waals surface area contributed by atoms with Crippen LogP contribution in [0.2, 0.25) is 0 Å². The Hall–Kier alpha value is -2.15. The Kier molecular flexibility index (Phi) is 5.53. The first-order chi connectivity index (χ1) is 12.1. The molecule has 3 rings (SSSR count). The maximum atomic E-state index is 12.6. The molecule has 7 nitrogen and oxygen atoms in total. The fourth-order valence-electron chi connectivity index (χ4n) is 3.22. The lowest BCUT2D eigenvalue weighted by atomic mass is 9.95. The second kappa shape index (κ2) is 7.82. The quantitative estimate of drug-likeness (QED) is 0.804. The highest BCUT2D eigenvalue weighted by atomic mass is 16.5. The van der Waals surface area contributed by atoms with Gasteiger partial charge in [0.2, 0.25) is 5.76 Å². The van der Waals surface area contributed by atoms with Crippen molar-refractivity contribution >= 4 is 5.91 Å². The number of aromatic nitrogens is 3. The van der Waals surface area contributed by atoms with Crippen LogP contribution in [-0.2, 0) is 11.3 Å². The summed E-state index contributed by atoms with van der Waals surface area (Å²) in [6.45, 7) is 6.95. The van der Waals surface area contributed by atoms with Crippen LogP contribution in [0.4, 0.5) is 0 Å². The van der Waals surface area contributed by atoms with Crippen LogP contribution in [0, 0.1) is 0 Å². The van der Waals surface area contributed by atoms with Crippen molar-refractivity contribution in [2.45, 2.75) is 45.1 Å². The summed E-state index contributed by atoms with van der Waals surface area (Å²) in [6.07, 6.45) is 5.64. The van der Waals surface area contributed by atoms with Gasteiger partial charge in [0.1, 0.15) is 5.82 Å². The van der Waals surface area contributed by atoms with Crippen molar-refractivity contribution in [1.29, 1.82) is 0 Å². The highest BCUT2D eigenvalue weighted by Crippen LogP contribution is 2.28. The Morgan fingerprint density at radius 1 is 1.40 bits per heavy atom. The van der Waals surface area contributed by atoms with Crippen LogP contribution in [0.15, 0.2) is 23.0 Å². The molecule has 0 saturated carbocycles. The molecule has 0 aliphatic carbocycles. The average Bonchev–Trinajstić information content (AvgIpc) is 3.29. The molecule has 0 atom stereocenters. The van der Waals surface area contributed by atoms with E-state index < -0.39 is 0 Å². The molecule has 0 bridgehead atoms. The minimum Gasteiger partial charge on any atom is -0.383 e. The summed E-state index contributed by atoms with van der Waals surface area (Å²) < 4.78 is 12.5. The molecule has 0 N–H and O–H groups in total. The lowest BCUT2D eigenvalue weighted by Gasteiger charge is -2.31. The number of imidazole rings is 1. The van der Waals surface area contributed by atoms with E-state index in [2.05, 4.69) is 14.7 Å². The van der Waals surface area contributed by atoms with Crippen LogP contribution in [0.5, 0.6) is 0 Å². The largest absolute Gasteiger partial charge is 0.383 e. The molecule has 0 unspecified atom stereocenters. The monoisotopic (exact) mass is 346 g/mol. The number of likely N-dealkylation sites (tertiary alicyclic amines) is 1. The van der Waals surface area contributed by atoms with Crippen molar-refractivity contribution in [2.24, 2.45) is 0 Å². The number of hydrogen-bond donors (Lipinski definition) is 0. The number of rotatable bonds is 6. The first kappa shape index (κ1) is 17.7. The van der Waals surface area contributed by atoms with Gasteiger partial charge in [-0.2, -0.15) is 0 Å². The zero-order chi connectivity index (χ0) is 17.8. The van der Waals surface area contributed by atoms with Gasteiger partial charge in [-0.05, 0) is 18.8 Å². The molecule has 7 heteroatoms. The van der Waals surface area contributed by atoms with Crippen molar-refractivity contribution < 1.29 is 14.1 Å². The summed E-state index contributed by atoms with van der Waals surface area (Å²) in [5.41, 5.74) is 0.818. The lowest BCUT2D eigenvalue weighted by molar-refractivity contribution is 0.0668. The summed E-state index contributed by atoms with van der Waals surface area (Å²) in [4.78, 5) is 19.0. The topological polar surface area (TPSA) is 73.4 Å². The Labute approximate surface area is 148 Å². The van der Waals surface area contributed by atoms with Crippen LogP contribution in [0.25, 0.3) is 0 Å². The average molecular weight is 346 g/mol. The maximum absolute atomic E-state index is 12.6. The third-order valence-electron chi connectivity index (χ3n) is 4.76. The molecule has 1 aliphatic heterocycles. The summed E-state index contributed by atoms with van der Waals surface area (Å²) in [6, 6.07) is 1.76. The third kappa shape index (κ3) is 3.92. The zero-order valence-electron chi connectivity index (χ0n) is 15.1. The second-order valence-electron chi connectivity index (χ2n) is 6.81. The first-order valence-electron chi connectivity index (χ1n) is 8.86. The molecular formula is C18H26N4O3. The van der Waals surface area contributed by atoms with E-state index in [0.29, 0.717) is 31.4 Å². The van der Waals surface area contributed by atoms with E-state index in [1.807, 2.05) is 31.1 Å². The SMILES string of the molecule is COCCn1ccnc1C1CCN(C(=O)c2cc(C(C)C)no2)CC1. The predicted molar refractivity (Wildman–Crippen MR) is 92.6 cm³/mol. The standard InChI is InChI=1S/C18H26N4O3/c1-13(2)15-12-16(25-20-15)18(23)22-7-4-14(5-8-22)17-19-6-9-21(17)10-11-24-3/h6,9,12-14H,4-5,7-8,10-11H2,1-3H3. The van der Waals surface area contributed by atoms with Gasteiger partial charge in [-0.1, -0.05) is 19.0 Å². The Balaban J connectivity index is 1.60. The second-order valence-corrected chi connectivity index (χ2v) is 6.81. The molecule has 0 aromatic carbocycles. The van der Waals surface area contributed by atoms with Crippen LogP contribution < -0.4 is 0 Å². The number of carbonyl (C=O) groups excluding carboxylic acids is 1. The third-order valence-corrected chi connectivity index (χ3v) is 4.76. The van der Waals surface area contributed by atoms with Gasteiger partial charge in [-0.25, -0.2) is 4.98 Å². The van der Waals surface area contributed by atoms with E-state index in [1.54, 1.807) is 13.2 Å².